The molecular weight excluding hydrogens is 288 g/mol. The molecule has 1 aromatic heterocycles. The van der Waals surface area contributed by atoms with Gasteiger partial charge in [-0.2, -0.15) is 4.98 Å². The van der Waals surface area contributed by atoms with Crippen LogP contribution in [-0.4, -0.2) is 35.1 Å². The van der Waals surface area contributed by atoms with E-state index in [1.165, 1.54) is 10.9 Å². The number of anilines is 1. The molecule has 1 fully saturated rings. The van der Waals surface area contributed by atoms with Gasteiger partial charge in [-0.25, -0.2) is 9.78 Å². The zero-order chi connectivity index (χ0) is 15.8. The molecule has 1 aliphatic rings. The Morgan fingerprint density at radius 2 is 2.14 bits per heavy atom. The van der Waals surface area contributed by atoms with Crippen molar-refractivity contribution in [2.24, 2.45) is 5.92 Å². The van der Waals surface area contributed by atoms with Gasteiger partial charge in [-0.1, -0.05) is 13.8 Å². The summed E-state index contributed by atoms with van der Waals surface area (Å²) in [7, 11) is -1.77. The number of rotatable bonds is 4. The highest BCUT2D eigenvalue weighted by Gasteiger charge is 2.45. The van der Waals surface area contributed by atoms with Crippen LogP contribution < -0.4 is 11.4 Å². The molecule has 1 aromatic rings. The molecule has 2 N–H and O–H groups in total. The predicted molar refractivity (Wildman–Crippen MR) is 82.3 cm³/mol. The third-order valence-corrected chi connectivity index (χ3v) is 4.59. The number of aromatic nitrogens is 3. The minimum absolute atomic E-state index is 0.0306. The summed E-state index contributed by atoms with van der Waals surface area (Å²) in [4.78, 5) is 19.6. The lowest BCUT2D eigenvalue weighted by Crippen LogP contribution is -2.41. The van der Waals surface area contributed by atoms with Gasteiger partial charge in [0.15, 0.2) is 14.5 Å². The molecule has 1 aliphatic heterocycles. The number of hydrogen-bond acceptors (Lipinski definition) is 6. The minimum atomic E-state index is -1.77. The molecule has 1 saturated heterocycles. The highest BCUT2D eigenvalue weighted by Crippen LogP contribution is 2.37. The van der Waals surface area contributed by atoms with E-state index in [-0.39, 0.29) is 24.1 Å². The van der Waals surface area contributed by atoms with E-state index in [0.717, 1.165) is 6.42 Å². The third-order valence-electron chi connectivity index (χ3n) is 3.61. The van der Waals surface area contributed by atoms with Crippen LogP contribution >= 0.6 is 0 Å². The third kappa shape index (κ3) is 3.50. The van der Waals surface area contributed by atoms with E-state index >= 15 is 0 Å². The second-order valence-electron chi connectivity index (χ2n) is 6.43. The fourth-order valence-electron chi connectivity index (χ4n) is 2.65. The second-order valence-corrected chi connectivity index (χ2v) is 10.9. The van der Waals surface area contributed by atoms with E-state index in [4.69, 9.17) is 14.9 Å². The first-order chi connectivity index (χ1) is 9.73. The van der Waals surface area contributed by atoms with E-state index in [1.807, 2.05) is 0 Å². The summed E-state index contributed by atoms with van der Waals surface area (Å²) in [5, 5.41) is 0. The molecule has 4 atom stereocenters. The Morgan fingerprint density at radius 1 is 1.48 bits per heavy atom. The lowest BCUT2D eigenvalue weighted by atomic mass is 9.99. The monoisotopic (exact) mass is 312 g/mol. The normalized spacial score (nSPS) is 29.8. The summed E-state index contributed by atoms with van der Waals surface area (Å²) >= 11 is 0. The SMILES string of the molecule is CC[C@H]1O[C@@H](n2cnc(N)nc2=O)[C@@H](O[Si](C)(C)C)C1C. The van der Waals surface area contributed by atoms with Crippen LogP contribution in [0.5, 0.6) is 0 Å². The molecule has 1 unspecified atom stereocenters. The number of hydrogen-bond donors (Lipinski definition) is 1. The average Bonchev–Trinajstić information content (AvgIpc) is 2.65. The van der Waals surface area contributed by atoms with Crippen molar-refractivity contribution in [3.8, 4) is 0 Å². The van der Waals surface area contributed by atoms with E-state index in [2.05, 4.69) is 43.5 Å². The highest BCUT2D eigenvalue weighted by molar-refractivity contribution is 6.69. The Hall–Kier alpha value is -1.25. The molecule has 21 heavy (non-hydrogen) atoms. The number of nitrogens with zero attached hydrogens (tertiary/aromatic N) is 3. The van der Waals surface area contributed by atoms with Gasteiger partial charge in [0.05, 0.1) is 12.2 Å². The molecule has 0 aliphatic carbocycles. The van der Waals surface area contributed by atoms with Gasteiger partial charge >= 0.3 is 5.69 Å². The predicted octanol–water partition coefficient (Wildman–Crippen LogP) is 1.38. The lowest BCUT2D eigenvalue weighted by Gasteiger charge is -2.29. The number of ether oxygens (including phenoxy) is 1. The van der Waals surface area contributed by atoms with E-state index in [9.17, 15) is 4.79 Å². The first kappa shape index (κ1) is 16.1. The fraction of sp³-hybridized carbons (Fsp3) is 0.769. The largest absolute Gasteiger partial charge is 0.410 e. The molecular formula is C13H24N4O3Si. The van der Waals surface area contributed by atoms with Crippen LogP contribution in [0.25, 0.3) is 0 Å². The van der Waals surface area contributed by atoms with E-state index < -0.39 is 20.2 Å². The average molecular weight is 312 g/mol. The molecule has 0 spiro atoms. The van der Waals surface area contributed by atoms with Gasteiger partial charge in [0.1, 0.15) is 6.33 Å². The standard InChI is InChI=1S/C13H24N4O3Si/c1-6-9-8(2)10(20-21(3,4)5)11(19-9)17-7-15-12(14)16-13(17)18/h7-11H,6H2,1-5H3,(H2,14,16,18)/t8?,9-,10+,11-/m1/s1. The van der Waals surface area contributed by atoms with Gasteiger partial charge in [0.25, 0.3) is 0 Å². The fourth-order valence-corrected chi connectivity index (χ4v) is 3.79. The summed E-state index contributed by atoms with van der Waals surface area (Å²) in [5.41, 5.74) is 4.98. The molecule has 0 aromatic carbocycles. The molecule has 0 bridgehead atoms. The first-order valence-electron chi connectivity index (χ1n) is 7.27. The topological polar surface area (TPSA) is 92.3 Å². The zero-order valence-corrected chi connectivity index (χ0v) is 14.2. The minimum Gasteiger partial charge on any atom is -0.410 e. The van der Waals surface area contributed by atoms with Crippen molar-refractivity contribution in [3.05, 3.63) is 16.8 Å². The van der Waals surface area contributed by atoms with Crippen LogP contribution in [0.4, 0.5) is 5.95 Å². The Balaban J connectivity index is 2.36. The molecule has 7 nitrogen and oxygen atoms in total. The highest BCUT2D eigenvalue weighted by atomic mass is 28.4. The molecule has 118 valence electrons. The van der Waals surface area contributed by atoms with E-state index in [0.29, 0.717) is 0 Å². The smallest absolute Gasteiger partial charge is 0.354 e. The summed E-state index contributed by atoms with van der Waals surface area (Å²) in [6.45, 7) is 10.5. The van der Waals surface area contributed by atoms with Crippen LogP contribution in [0.15, 0.2) is 11.1 Å². The van der Waals surface area contributed by atoms with Crippen LogP contribution in [-0.2, 0) is 9.16 Å². The Kier molecular flexibility index (Phi) is 4.50. The van der Waals surface area contributed by atoms with Gasteiger partial charge in [-0.15, -0.1) is 0 Å². The Labute approximate surface area is 125 Å². The maximum atomic E-state index is 12.0. The summed E-state index contributed by atoms with van der Waals surface area (Å²) in [6, 6.07) is 0. The molecule has 0 saturated carbocycles. The Morgan fingerprint density at radius 3 is 2.67 bits per heavy atom. The molecule has 8 heteroatoms. The zero-order valence-electron chi connectivity index (χ0n) is 13.2. The quantitative estimate of drug-likeness (QED) is 0.845. The van der Waals surface area contributed by atoms with Gasteiger partial charge in [0.2, 0.25) is 5.95 Å². The van der Waals surface area contributed by atoms with Crippen molar-refractivity contribution in [1.82, 2.24) is 14.5 Å². The van der Waals surface area contributed by atoms with Crippen molar-refractivity contribution in [2.75, 3.05) is 5.73 Å². The maximum Gasteiger partial charge on any atom is 0.354 e. The van der Waals surface area contributed by atoms with Gasteiger partial charge < -0.3 is 14.9 Å². The van der Waals surface area contributed by atoms with Gasteiger partial charge in [-0.05, 0) is 26.1 Å². The van der Waals surface area contributed by atoms with Crippen LogP contribution in [0.2, 0.25) is 19.6 Å². The van der Waals surface area contributed by atoms with Crippen LogP contribution in [0, 0.1) is 5.92 Å². The number of nitrogens with two attached hydrogens (primary N) is 1. The summed E-state index contributed by atoms with van der Waals surface area (Å²) < 4.78 is 13.7. The first-order valence-corrected chi connectivity index (χ1v) is 10.7. The van der Waals surface area contributed by atoms with Gasteiger partial charge in [-0.3, -0.25) is 4.57 Å². The maximum absolute atomic E-state index is 12.0. The van der Waals surface area contributed by atoms with Crippen molar-refractivity contribution in [2.45, 2.75) is 58.3 Å². The molecule has 2 rings (SSSR count). The van der Waals surface area contributed by atoms with Crippen molar-refractivity contribution in [1.29, 1.82) is 0 Å². The van der Waals surface area contributed by atoms with Gasteiger partial charge in [0, 0.05) is 5.92 Å². The summed E-state index contributed by atoms with van der Waals surface area (Å²) in [6.07, 6.45) is 1.64. The van der Waals surface area contributed by atoms with Crippen molar-refractivity contribution < 1.29 is 9.16 Å². The van der Waals surface area contributed by atoms with Crippen LogP contribution in [0.1, 0.15) is 26.5 Å². The molecule has 0 radical (unpaired) electrons. The van der Waals surface area contributed by atoms with E-state index in [1.54, 1.807) is 0 Å². The second kappa shape index (κ2) is 5.86. The van der Waals surface area contributed by atoms with Crippen molar-refractivity contribution >= 4 is 14.3 Å². The van der Waals surface area contributed by atoms with Crippen LogP contribution in [0.3, 0.4) is 0 Å². The molecule has 0 amide bonds. The Bertz CT molecular complexity index is 557. The molecule has 2 heterocycles. The lowest BCUT2D eigenvalue weighted by molar-refractivity contribution is -0.0365. The van der Waals surface area contributed by atoms with Crippen molar-refractivity contribution in [3.63, 3.8) is 0 Å². The summed E-state index contributed by atoms with van der Waals surface area (Å²) in [5.74, 6) is 0.174. The number of nitrogen functional groups attached to an aromatic ring is 1.